The van der Waals surface area contributed by atoms with Crippen molar-refractivity contribution >= 4 is 17.2 Å². The summed E-state index contributed by atoms with van der Waals surface area (Å²) in [5, 5.41) is 4.41. The average Bonchev–Trinajstić information content (AvgIpc) is 2.31. The third-order valence-electron chi connectivity index (χ3n) is 1.34. The summed E-state index contributed by atoms with van der Waals surface area (Å²) >= 11 is 5.72. The number of aromatic nitrogens is 4. The fraction of sp³-hybridized carbons (Fsp3) is 0.167. The second-order valence-electron chi connectivity index (χ2n) is 2.20. The van der Waals surface area contributed by atoms with Crippen LogP contribution in [0.3, 0.4) is 0 Å². The smallest absolute Gasteiger partial charge is 0.217 e. The van der Waals surface area contributed by atoms with Gasteiger partial charge in [-0.3, -0.25) is 0 Å². The minimum atomic E-state index is 0.336. The van der Waals surface area contributed by atoms with E-state index < -0.39 is 0 Å². The minimum Gasteiger partial charge on any atom is -0.217 e. The molecule has 0 fully saturated rings. The number of rotatable bonds is 0. The van der Waals surface area contributed by atoms with Crippen LogP contribution in [0.4, 0.5) is 0 Å². The van der Waals surface area contributed by atoms with Crippen molar-refractivity contribution in [2.75, 3.05) is 0 Å². The lowest BCUT2D eigenvalue weighted by Gasteiger charge is -1.91. The fourth-order valence-electron chi connectivity index (χ4n) is 0.904. The highest BCUT2D eigenvalue weighted by Crippen LogP contribution is 2.07. The van der Waals surface area contributed by atoms with E-state index in [0.717, 1.165) is 11.3 Å². The van der Waals surface area contributed by atoms with Crippen LogP contribution in [0.15, 0.2) is 12.4 Å². The summed E-state index contributed by atoms with van der Waals surface area (Å²) in [7, 11) is 0. The van der Waals surface area contributed by atoms with E-state index in [0.29, 0.717) is 5.28 Å². The summed E-state index contributed by atoms with van der Waals surface area (Å²) in [5.74, 6) is 0. The van der Waals surface area contributed by atoms with E-state index in [4.69, 9.17) is 11.6 Å². The van der Waals surface area contributed by atoms with Gasteiger partial charge in [0.25, 0.3) is 0 Å². The Balaban J connectivity index is 2.90. The summed E-state index contributed by atoms with van der Waals surface area (Å²) < 4.78 is 1.50. The quantitative estimate of drug-likeness (QED) is 0.592. The number of nitrogens with zero attached hydrogens (tertiary/aromatic N) is 4. The molecule has 2 heterocycles. The summed E-state index contributed by atoms with van der Waals surface area (Å²) in [4.78, 5) is 7.74. The summed E-state index contributed by atoms with van der Waals surface area (Å²) in [5.41, 5.74) is 1.61. The van der Waals surface area contributed by atoms with Crippen molar-refractivity contribution in [2.45, 2.75) is 6.92 Å². The van der Waals surface area contributed by atoms with Crippen molar-refractivity contribution in [1.29, 1.82) is 0 Å². The molecule has 0 N–H and O–H groups in total. The first-order chi connectivity index (χ1) is 5.27. The summed E-state index contributed by atoms with van der Waals surface area (Å²) in [6.07, 6.45) is 1.42. The molecule has 0 saturated heterocycles. The molecule has 2 rings (SSSR count). The molecular formula is C6H5ClN4. The Morgan fingerprint density at radius 3 is 3.00 bits per heavy atom. The molecule has 0 aromatic carbocycles. The zero-order valence-corrected chi connectivity index (χ0v) is 6.58. The topological polar surface area (TPSA) is 43.1 Å². The number of fused-ring (bicyclic) bond motifs is 1. The molecule has 0 bridgehead atoms. The van der Waals surface area contributed by atoms with Gasteiger partial charge in [0.15, 0.2) is 5.65 Å². The summed E-state index contributed by atoms with van der Waals surface area (Å²) in [6, 6.07) is 1.84. The zero-order valence-electron chi connectivity index (χ0n) is 5.82. The van der Waals surface area contributed by atoms with E-state index in [2.05, 4.69) is 15.1 Å². The van der Waals surface area contributed by atoms with Gasteiger partial charge >= 0.3 is 0 Å². The number of halogens is 1. The molecule has 0 aliphatic rings. The maximum Gasteiger partial charge on any atom is 0.227 e. The van der Waals surface area contributed by atoms with Crippen molar-refractivity contribution in [3.63, 3.8) is 0 Å². The van der Waals surface area contributed by atoms with Gasteiger partial charge in [0.1, 0.15) is 6.33 Å². The molecule has 4 nitrogen and oxygen atoms in total. The van der Waals surface area contributed by atoms with E-state index in [9.17, 15) is 0 Å². The highest BCUT2D eigenvalue weighted by atomic mass is 35.5. The van der Waals surface area contributed by atoms with Crippen LogP contribution >= 0.6 is 11.6 Å². The van der Waals surface area contributed by atoms with Crippen molar-refractivity contribution in [3.8, 4) is 0 Å². The zero-order chi connectivity index (χ0) is 7.84. The second-order valence-corrected chi connectivity index (χ2v) is 2.54. The number of hydrogen-bond donors (Lipinski definition) is 0. The SMILES string of the molecule is Cc1cc2ncnc(Cl)n2n1. The van der Waals surface area contributed by atoms with Crippen LogP contribution in [-0.4, -0.2) is 19.6 Å². The van der Waals surface area contributed by atoms with E-state index in [-0.39, 0.29) is 0 Å². The molecule has 0 amide bonds. The van der Waals surface area contributed by atoms with Crippen LogP contribution < -0.4 is 0 Å². The van der Waals surface area contributed by atoms with Crippen molar-refractivity contribution in [3.05, 3.63) is 23.4 Å². The maximum absolute atomic E-state index is 5.72. The Labute approximate surface area is 67.8 Å². The van der Waals surface area contributed by atoms with Crippen LogP contribution in [0.2, 0.25) is 5.28 Å². The molecule has 2 aromatic rings. The highest BCUT2D eigenvalue weighted by molar-refractivity contribution is 6.28. The Kier molecular flexibility index (Phi) is 1.29. The first-order valence-corrected chi connectivity index (χ1v) is 3.48. The molecule has 0 unspecified atom stereocenters. The maximum atomic E-state index is 5.72. The lowest BCUT2D eigenvalue weighted by Crippen LogP contribution is -1.93. The Morgan fingerprint density at radius 2 is 2.27 bits per heavy atom. The summed E-state index contributed by atoms with van der Waals surface area (Å²) in [6.45, 7) is 1.88. The van der Waals surface area contributed by atoms with Crippen LogP contribution in [0.5, 0.6) is 0 Å². The van der Waals surface area contributed by atoms with Gasteiger partial charge in [0.2, 0.25) is 5.28 Å². The highest BCUT2D eigenvalue weighted by Gasteiger charge is 2.01. The van der Waals surface area contributed by atoms with E-state index in [1.807, 2.05) is 13.0 Å². The van der Waals surface area contributed by atoms with Crippen LogP contribution in [0.25, 0.3) is 5.65 Å². The molecular weight excluding hydrogens is 164 g/mol. The van der Waals surface area contributed by atoms with E-state index >= 15 is 0 Å². The molecule has 0 radical (unpaired) electrons. The number of hydrogen-bond acceptors (Lipinski definition) is 3. The van der Waals surface area contributed by atoms with E-state index in [1.54, 1.807) is 0 Å². The van der Waals surface area contributed by atoms with Gasteiger partial charge in [-0.15, -0.1) is 0 Å². The van der Waals surface area contributed by atoms with Crippen molar-refractivity contribution in [1.82, 2.24) is 19.6 Å². The van der Waals surface area contributed by atoms with Gasteiger partial charge < -0.3 is 0 Å². The van der Waals surface area contributed by atoms with Crippen LogP contribution in [0.1, 0.15) is 5.69 Å². The van der Waals surface area contributed by atoms with Gasteiger partial charge in [-0.05, 0) is 18.5 Å². The van der Waals surface area contributed by atoms with Gasteiger partial charge in [-0.1, -0.05) is 0 Å². The Bertz CT molecular complexity index is 394. The molecule has 0 atom stereocenters. The molecule has 11 heavy (non-hydrogen) atoms. The monoisotopic (exact) mass is 168 g/mol. The van der Waals surface area contributed by atoms with Gasteiger partial charge in [-0.2, -0.15) is 9.61 Å². The van der Waals surface area contributed by atoms with Gasteiger partial charge in [0, 0.05) is 6.07 Å². The van der Waals surface area contributed by atoms with Gasteiger partial charge in [-0.25, -0.2) is 9.97 Å². The van der Waals surface area contributed by atoms with Gasteiger partial charge in [0.05, 0.1) is 5.69 Å². The lowest BCUT2D eigenvalue weighted by atomic mass is 10.5. The Morgan fingerprint density at radius 1 is 1.45 bits per heavy atom. The van der Waals surface area contributed by atoms with Crippen LogP contribution in [-0.2, 0) is 0 Å². The lowest BCUT2D eigenvalue weighted by molar-refractivity contribution is 0.877. The second kappa shape index (κ2) is 2.17. The fourth-order valence-corrected chi connectivity index (χ4v) is 1.07. The Hall–Kier alpha value is -1.16. The molecule has 0 saturated carbocycles. The third-order valence-corrected chi connectivity index (χ3v) is 1.60. The van der Waals surface area contributed by atoms with Crippen molar-refractivity contribution < 1.29 is 0 Å². The normalized spacial score (nSPS) is 10.7. The van der Waals surface area contributed by atoms with E-state index in [1.165, 1.54) is 10.8 Å². The molecule has 0 aliphatic heterocycles. The predicted molar refractivity (Wildman–Crippen MR) is 40.5 cm³/mol. The molecule has 0 spiro atoms. The first-order valence-electron chi connectivity index (χ1n) is 3.10. The largest absolute Gasteiger partial charge is 0.227 e. The van der Waals surface area contributed by atoms with Crippen molar-refractivity contribution in [2.24, 2.45) is 0 Å². The molecule has 5 heteroatoms. The molecule has 0 aliphatic carbocycles. The third kappa shape index (κ3) is 0.952. The standard InChI is InChI=1S/C6H5ClN4/c1-4-2-5-8-3-9-6(7)11(5)10-4/h2-3H,1H3. The molecule has 56 valence electrons. The first kappa shape index (κ1) is 6.54. The predicted octanol–water partition coefficient (Wildman–Crippen LogP) is 1.09. The average molecular weight is 169 g/mol. The molecule has 2 aromatic heterocycles. The van der Waals surface area contributed by atoms with Crippen LogP contribution in [0, 0.1) is 6.92 Å². The minimum absolute atomic E-state index is 0.336. The number of aryl methyl sites for hydroxylation is 1.